The molecule has 2 N–H and O–H groups in total. The van der Waals surface area contributed by atoms with Crippen molar-refractivity contribution in [3.8, 4) is 11.8 Å². The Morgan fingerprint density at radius 2 is 2.25 bits per heavy atom. The SMILES string of the molecule is Cc1ccc(C#CCCO)cc1NC(=O)c1cccs1. The van der Waals surface area contributed by atoms with Crippen LogP contribution in [0.3, 0.4) is 0 Å². The summed E-state index contributed by atoms with van der Waals surface area (Å²) in [6.45, 7) is 2.00. The summed E-state index contributed by atoms with van der Waals surface area (Å²) in [5.41, 5.74) is 2.58. The van der Waals surface area contributed by atoms with Gasteiger partial charge in [0.25, 0.3) is 5.91 Å². The van der Waals surface area contributed by atoms with Gasteiger partial charge in [-0.25, -0.2) is 0 Å². The van der Waals surface area contributed by atoms with Gasteiger partial charge in [0.2, 0.25) is 0 Å². The van der Waals surface area contributed by atoms with Gasteiger partial charge in [0.05, 0.1) is 11.5 Å². The van der Waals surface area contributed by atoms with Crippen LogP contribution in [-0.4, -0.2) is 17.6 Å². The van der Waals surface area contributed by atoms with Crippen molar-refractivity contribution in [2.24, 2.45) is 0 Å². The molecule has 0 saturated carbocycles. The van der Waals surface area contributed by atoms with Gasteiger partial charge in [-0.2, -0.15) is 0 Å². The third-order valence-corrected chi connectivity index (χ3v) is 3.57. The van der Waals surface area contributed by atoms with E-state index < -0.39 is 0 Å². The van der Waals surface area contributed by atoms with Crippen LogP contribution in [0.2, 0.25) is 0 Å². The number of aliphatic hydroxyl groups excluding tert-OH is 1. The molecule has 0 aliphatic heterocycles. The molecule has 20 heavy (non-hydrogen) atoms. The molecule has 3 nitrogen and oxygen atoms in total. The summed E-state index contributed by atoms with van der Waals surface area (Å²) in [5.74, 6) is 5.72. The first-order chi connectivity index (χ1) is 9.70. The fourth-order valence-electron chi connectivity index (χ4n) is 1.65. The van der Waals surface area contributed by atoms with Crippen LogP contribution >= 0.6 is 11.3 Å². The van der Waals surface area contributed by atoms with Crippen molar-refractivity contribution in [2.45, 2.75) is 13.3 Å². The Morgan fingerprint density at radius 1 is 1.40 bits per heavy atom. The normalized spacial score (nSPS) is 9.70. The molecule has 0 aliphatic carbocycles. The van der Waals surface area contributed by atoms with E-state index in [0.29, 0.717) is 11.3 Å². The Labute approximate surface area is 122 Å². The molecule has 0 spiro atoms. The number of amides is 1. The van der Waals surface area contributed by atoms with E-state index in [9.17, 15) is 4.79 Å². The Bertz CT molecular complexity index is 651. The molecule has 0 bridgehead atoms. The Kier molecular flexibility index (Phi) is 4.94. The van der Waals surface area contributed by atoms with E-state index in [2.05, 4.69) is 17.2 Å². The highest BCUT2D eigenvalue weighted by Crippen LogP contribution is 2.18. The second kappa shape index (κ2) is 6.90. The van der Waals surface area contributed by atoms with E-state index in [1.54, 1.807) is 6.07 Å². The van der Waals surface area contributed by atoms with Gasteiger partial charge in [0, 0.05) is 17.7 Å². The minimum absolute atomic E-state index is 0.0564. The number of hydrogen-bond donors (Lipinski definition) is 2. The van der Waals surface area contributed by atoms with Crippen LogP contribution in [0, 0.1) is 18.8 Å². The maximum absolute atomic E-state index is 12.0. The summed E-state index contributed by atoms with van der Waals surface area (Å²) >= 11 is 1.41. The van der Waals surface area contributed by atoms with Gasteiger partial charge in [-0.15, -0.1) is 11.3 Å². The molecular weight excluding hydrogens is 270 g/mol. The smallest absolute Gasteiger partial charge is 0.265 e. The van der Waals surface area contributed by atoms with Gasteiger partial charge < -0.3 is 10.4 Å². The monoisotopic (exact) mass is 285 g/mol. The number of carbonyl (C=O) groups excluding carboxylic acids is 1. The zero-order valence-corrected chi connectivity index (χ0v) is 12.0. The predicted molar refractivity (Wildman–Crippen MR) is 82.0 cm³/mol. The summed E-state index contributed by atoms with van der Waals surface area (Å²) < 4.78 is 0. The van der Waals surface area contributed by atoms with Gasteiger partial charge in [-0.1, -0.05) is 24.0 Å². The van der Waals surface area contributed by atoms with Crippen molar-refractivity contribution in [1.82, 2.24) is 0 Å². The molecule has 102 valence electrons. The van der Waals surface area contributed by atoms with Crippen molar-refractivity contribution < 1.29 is 9.90 Å². The van der Waals surface area contributed by atoms with Crippen LogP contribution in [0.1, 0.15) is 27.2 Å². The summed E-state index contributed by atoms with van der Waals surface area (Å²) in [6, 6.07) is 9.32. The van der Waals surface area contributed by atoms with Crippen LogP contribution in [0.5, 0.6) is 0 Å². The molecule has 0 atom stereocenters. The lowest BCUT2D eigenvalue weighted by Gasteiger charge is -2.07. The number of hydrogen-bond acceptors (Lipinski definition) is 3. The molecule has 0 fully saturated rings. The van der Waals surface area contributed by atoms with E-state index in [4.69, 9.17) is 5.11 Å². The fourth-order valence-corrected chi connectivity index (χ4v) is 2.27. The molecule has 4 heteroatoms. The van der Waals surface area contributed by atoms with Crippen molar-refractivity contribution >= 4 is 22.9 Å². The van der Waals surface area contributed by atoms with E-state index in [1.165, 1.54) is 11.3 Å². The highest BCUT2D eigenvalue weighted by atomic mass is 32.1. The minimum Gasteiger partial charge on any atom is -0.395 e. The highest BCUT2D eigenvalue weighted by molar-refractivity contribution is 7.12. The van der Waals surface area contributed by atoms with Crippen LogP contribution in [0.4, 0.5) is 5.69 Å². The molecule has 0 saturated heterocycles. The number of nitrogens with one attached hydrogen (secondary N) is 1. The molecule has 0 aliphatic rings. The number of carbonyl (C=O) groups is 1. The predicted octanol–water partition coefficient (Wildman–Crippen LogP) is 3.04. The fraction of sp³-hybridized carbons (Fsp3) is 0.188. The van der Waals surface area contributed by atoms with Crippen LogP contribution < -0.4 is 5.32 Å². The lowest BCUT2D eigenvalue weighted by molar-refractivity contribution is 0.103. The first-order valence-electron chi connectivity index (χ1n) is 6.26. The van der Waals surface area contributed by atoms with Crippen molar-refractivity contribution in [3.05, 3.63) is 51.7 Å². The van der Waals surface area contributed by atoms with Crippen LogP contribution in [0.25, 0.3) is 0 Å². The third kappa shape index (κ3) is 3.70. The Hall–Kier alpha value is -2.09. The largest absolute Gasteiger partial charge is 0.395 e. The lowest BCUT2D eigenvalue weighted by atomic mass is 10.1. The van der Waals surface area contributed by atoms with E-state index >= 15 is 0 Å². The van der Waals surface area contributed by atoms with Crippen molar-refractivity contribution in [3.63, 3.8) is 0 Å². The summed E-state index contributed by atoms with van der Waals surface area (Å²) in [6.07, 6.45) is 0.449. The summed E-state index contributed by atoms with van der Waals surface area (Å²) in [4.78, 5) is 12.7. The summed E-state index contributed by atoms with van der Waals surface area (Å²) in [7, 11) is 0. The molecule has 1 aromatic carbocycles. The first-order valence-corrected chi connectivity index (χ1v) is 7.14. The zero-order valence-electron chi connectivity index (χ0n) is 11.1. The van der Waals surface area contributed by atoms with Gasteiger partial charge in [-0.05, 0) is 36.1 Å². The maximum Gasteiger partial charge on any atom is 0.265 e. The van der Waals surface area contributed by atoms with Crippen LogP contribution in [-0.2, 0) is 0 Å². The second-order valence-electron chi connectivity index (χ2n) is 4.24. The second-order valence-corrected chi connectivity index (χ2v) is 5.18. The van der Waals surface area contributed by atoms with E-state index in [1.807, 2.05) is 36.6 Å². The van der Waals surface area contributed by atoms with E-state index in [-0.39, 0.29) is 12.5 Å². The Balaban J connectivity index is 2.17. The van der Waals surface area contributed by atoms with Gasteiger partial charge in [0.1, 0.15) is 0 Å². The number of anilines is 1. The van der Waals surface area contributed by atoms with Gasteiger partial charge in [0.15, 0.2) is 0 Å². The molecule has 1 amide bonds. The number of aryl methyl sites for hydroxylation is 1. The molecule has 0 radical (unpaired) electrons. The van der Waals surface area contributed by atoms with Crippen molar-refractivity contribution in [2.75, 3.05) is 11.9 Å². The number of rotatable bonds is 3. The highest BCUT2D eigenvalue weighted by Gasteiger charge is 2.08. The van der Waals surface area contributed by atoms with Crippen molar-refractivity contribution in [1.29, 1.82) is 0 Å². The quantitative estimate of drug-likeness (QED) is 0.852. The maximum atomic E-state index is 12.0. The molecular formula is C16H15NO2S. The van der Waals surface area contributed by atoms with Gasteiger partial charge >= 0.3 is 0 Å². The van der Waals surface area contributed by atoms with E-state index in [0.717, 1.165) is 16.8 Å². The topological polar surface area (TPSA) is 49.3 Å². The minimum atomic E-state index is -0.108. The number of thiophene rings is 1. The Morgan fingerprint density at radius 3 is 2.95 bits per heavy atom. The average molecular weight is 285 g/mol. The standard InChI is InChI=1S/C16H15NO2S/c1-12-7-8-13(5-2-3-9-18)11-14(12)17-16(19)15-6-4-10-20-15/h4,6-8,10-11,18H,3,9H2,1H3,(H,17,19). The first kappa shape index (κ1) is 14.3. The lowest BCUT2D eigenvalue weighted by Crippen LogP contribution is -2.11. The molecule has 2 aromatic rings. The molecule has 1 heterocycles. The van der Waals surface area contributed by atoms with Gasteiger partial charge in [-0.3, -0.25) is 4.79 Å². The third-order valence-electron chi connectivity index (χ3n) is 2.70. The number of aliphatic hydroxyl groups is 1. The zero-order chi connectivity index (χ0) is 14.4. The summed E-state index contributed by atoms with van der Waals surface area (Å²) in [5, 5.41) is 13.5. The number of benzene rings is 1. The molecule has 2 rings (SSSR count). The van der Waals surface area contributed by atoms with Crippen LogP contribution in [0.15, 0.2) is 35.7 Å². The average Bonchev–Trinajstić information content (AvgIpc) is 2.97. The molecule has 1 aromatic heterocycles. The molecule has 0 unspecified atom stereocenters.